The molecular formula is C14H22O7S2. The predicted molar refractivity (Wildman–Crippen MR) is 85.7 cm³/mol. The van der Waals surface area contributed by atoms with Crippen LogP contribution in [0, 0.1) is 6.92 Å². The topological polar surface area (TPSA) is 129 Å². The largest absolute Gasteiger partial charge is 0.508 e. The van der Waals surface area contributed by atoms with Gasteiger partial charge < -0.3 is 5.11 Å². The summed E-state index contributed by atoms with van der Waals surface area (Å²) in [6.07, 6.45) is 4.12. The Kier molecular flexibility index (Phi) is 6.19. The predicted octanol–water partition coefficient (Wildman–Crippen LogP) is 2.54. The van der Waals surface area contributed by atoms with Gasteiger partial charge in [-0.15, -0.1) is 0 Å². The second-order valence-corrected chi connectivity index (χ2v) is 9.24. The van der Waals surface area contributed by atoms with Crippen molar-refractivity contribution in [3.05, 3.63) is 23.8 Å². The van der Waals surface area contributed by atoms with Crippen LogP contribution < -0.4 is 0 Å². The summed E-state index contributed by atoms with van der Waals surface area (Å²) in [5, 5.41) is 8.93. The molecular weight excluding hydrogens is 344 g/mol. The van der Waals surface area contributed by atoms with Gasteiger partial charge in [0.25, 0.3) is 20.2 Å². The van der Waals surface area contributed by atoms with E-state index in [1.165, 1.54) is 19.1 Å². The smallest absolute Gasteiger partial charge is 0.294 e. The highest BCUT2D eigenvalue weighted by Gasteiger charge is 2.38. The van der Waals surface area contributed by atoms with Crippen molar-refractivity contribution >= 4 is 20.2 Å². The molecule has 0 amide bonds. The van der Waals surface area contributed by atoms with E-state index in [0.717, 1.165) is 25.3 Å². The molecule has 0 heterocycles. The maximum atomic E-state index is 10.9. The summed E-state index contributed by atoms with van der Waals surface area (Å²) in [7, 11) is -8.04. The number of rotatable bonds is 2. The Bertz CT molecular complexity index is 745. The standard InChI is InChI=1S/C7H8O4S.C7H14O3S/c1-5-2-3-6(8)4-7(5)12(9,10)11;1-7(11(8,9)10)5-3-2-4-6-7/h2-4,8H,1H3,(H,9,10,11);2-6H2,1H3,(H,8,9,10). The van der Waals surface area contributed by atoms with Gasteiger partial charge in [-0.1, -0.05) is 25.3 Å². The van der Waals surface area contributed by atoms with Gasteiger partial charge in [-0.3, -0.25) is 9.11 Å². The first-order valence-corrected chi connectivity index (χ1v) is 9.99. The number of phenolic OH excluding ortho intramolecular Hbond substituents is 1. The van der Waals surface area contributed by atoms with Crippen LogP contribution in [0.3, 0.4) is 0 Å². The van der Waals surface area contributed by atoms with Crippen molar-refractivity contribution in [2.24, 2.45) is 0 Å². The minimum atomic E-state index is -4.22. The molecule has 0 saturated heterocycles. The summed E-state index contributed by atoms with van der Waals surface area (Å²) in [6, 6.07) is 3.77. The van der Waals surface area contributed by atoms with E-state index in [2.05, 4.69) is 0 Å². The normalized spacial score (nSPS) is 17.9. The van der Waals surface area contributed by atoms with Gasteiger partial charge in [-0.2, -0.15) is 16.8 Å². The SMILES string of the molecule is CC1(S(=O)(=O)O)CCCCC1.Cc1ccc(O)cc1S(=O)(=O)O. The van der Waals surface area contributed by atoms with Gasteiger partial charge in [-0.25, -0.2) is 0 Å². The molecule has 1 fully saturated rings. The maximum Gasteiger partial charge on any atom is 0.294 e. The van der Waals surface area contributed by atoms with E-state index in [1.807, 2.05) is 0 Å². The fraction of sp³-hybridized carbons (Fsp3) is 0.571. The molecule has 1 aliphatic carbocycles. The molecule has 2 rings (SSSR count). The van der Waals surface area contributed by atoms with E-state index in [0.29, 0.717) is 18.4 Å². The van der Waals surface area contributed by atoms with Crippen LogP contribution >= 0.6 is 0 Å². The van der Waals surface area contributed by atoms with Crippen LogP contribution in [-0.2, 0) is 20.2 Å². The van der Waals surface area contributed by atoms with Crippen molar-refractivity contribution in [2.45, 2.75) is 55.6 Å². The second-order valence-electron chi connectivity index (χ2n) is 5.91. The van der Waals surface area contributed by atoms with Crippen LogP contribution in [0.2, 0.25) is 0 Å². The van der Waals surface area contributed by atoms with Crippen molar-refractivity contribution in [2.75, 3.05) is 0 Å². The fourth-order valence-electron chi connectivity index (χ4n) is 2.42. The second kappa shape index (κ2) is 7.16. The summed E-state index contributed by atoms with van der Waals surface area (Å²) >= 11 is 0. The van der Waals surface area contributed by atoms with Crippen LogP contribution in [-0.4, -0.2) is 35.8 Å². The first-order valence-electron chi connectivity index (χ1n) is 7.11. The highest BCUT2D eigenvalue weighted by Crippen LogP contribution is 2.33. The molecule has 0 unspecified atom stereocenters. The summed E-state index contributed by atoms with van der Waals surface area (Å²) < 4.78 is 59.7. The Morgan fingerprint density at radius 2 is 1.52 bits per heavy atom. The Hall–Kier alpha value is -1.16. The van der Waals surface area contributed by atoms with Gasteiger partial charge >= 0.3 is 0 Å². The van der Waals surface area contributed by atoms with Crippen molar-refractivity contribution in [3.63, 3.8) is 0 Å². The molecule has 1 aromatic carbocycles. The molecule has 23 heavy (non-hydrogen) atoms. The molecule has 7 nitrogen and oxygen atoms in total. The summed E-state index contributed by atoms with van der Waals surface area (Å²) in [4.78, 5) is -0.262. The average Bonchev–Trinajstić information content (AvgIpc) is 2.41. The minimum Gasteiger partial charge on any atom is -0.508 e. The third kappa shape index (κ3) is 5.45. The molecule has 0 radical (unpaired) electrons. The van der Waals surface area contributed by atoms with Gasteiger partial charge in [0.05, 0.1) is 4.75 Å². The molecule has 1 aliphatic rings. The zero-order valence-corrected chi connectivity index (χ0v) is 14.7. The first-order chi connectivity index (χ1) is 10.4. The molecule has 9 heteroatoms. The van der Waals surface area contributed by atoms with Crippen LogP contribution in [0.1, 0.15) is 44.6 Å². The highest BCUT2D eigenvalue weighted by atomic mass is 32.2. The third-order valence-corrected chi connectivity index (χ3v) is 6.63. The van der Waals surface area contributed by atoms with Crippen LogP contribution in [0.5, 0.6) is 5.75 Å². The van der Waals surface area contributed by atoms with Gasteiger partial charge in [0.2, 0.25) is 0 Å². The van der Waals surface area contributed by atoms with Gasteiger partial charge in [0, 0.05) is 6.07 Å². The molecule has 1 aromatic rings. The lowest BCUT2D eigenvalue weighted by Crippen LogP contribution is -2.36. The van der Waals surface area contributed by atoms with Crippen LogP contribution in [0.15, 0.2) is 23.1 Å². The van der Waals surface area contributed by atoms with Gasteiger partial charge in [-0.05, 0) is 38.3 Å². The van der Waals surface area contributed by atoms with Crippen molar-refractivity contribution in [1.29, 1.82) is 0 Å². The quantitative estimate of drug-likeness (QED) is 0.686. The average molecular weight is 366 g/mol. The number of aryl methyl sites for hydroxylation is 1. The van der Waals surface area contributed by atoms with Gasteiger partial charge in [0.1, 0.15) is 10.6 Å². The summed E-state index contributed by atoms with van der Waals surface area (Å²) in [5.74, 6) is -0.187. The Morgan fingerprint density at radius 1 is 1.00 bits per heavy atom. The highest BCUT2D eigenvalue weighted by molar-refractivity contribution is 7.87. The molecule has 0 atom stereocenters. The number of hydrogen-bond acceptors (Lipinski definition) is 5. The lowest BCUT2D eigenvalue weighted by atomic mass is 9.90. The van der Waals surface area contributed by atoms with E-state index in [1.54, 1.807) is 6.92 Å². The van der Waals surface area contributed by atoms with E-state index in [9.17, 15) is 16.8 Å². The molecule has 0 spiro atoms. The number of aromatic hydroxyl groups is 1. The molecule has 1 saturated carbocycles. The van der Waals surface area contributed by atoms with E-state index < -0.39 is 25.0 Å². The van der Waals surface area contributed by atoms with E-state index in [-0.39, 0.29) is 10.6 Å². The monoisotopic (exact) mass is 366 g/mol. The minimum absolute atomic E-state index is 0.187. The lowest BCUT2D eigenvalue weighted by molar-refractivity contribution is 0.357. The van der Waals surface area contributed by atoms with Crippen molar-refractivity contribution in [3.8, 4) is 5.75 Å². The molecule has 0 aliphatic heterocycles. The Morgan fingerprint density at radius 3 is 1.87 bits per heavy atom. The molecule has 0 bridgehead atoms. The summed E-state index contributed by atoms with van der Waals surface area (Å²) in [5.41, 5.74) is 0.398. The fourth-order valence-corrected chi connectivity index (χ4v) is 3.97. The maximum absolute atomic E-state index is 10.9. The van der Waals surface area contributed by atoms with Gasteiger partial charge in [0.15, 0.2) is 0 Å². The van der Waals surface area contributed by atoms with Crippen molar-refractivity contribution < 1.29 is 31.0 Å². The molecule has 0 aromatic heterocycles. The molecule has 3 N–H and O–H groups in total. The Labute approximate surface area is 136 Å². The zero-order valence-electron chi connectivity index (χ0n) is 13.1. The third-order valence-electron chi connectivity index (χ3n) is 3.98. The van der Waals surface area contributed by atoms with E-state index in [4.69, 9.17) is 14.2 Å². The number of hydrogen-bond donors (Lipinski definition) is 3. The lowest BCUT2D eigenvalue weighted by Gasteiger charge is -2.29. The van der Waals surface area contributed by atoms with Crippen LogP contribution in [0.4, 0.5) is 0 Å². The Balaban J connectivity index is 0.000000231. The van der Waals surface area contributed by atoms with E-state index >= 15 is 0 Å². The summed E-state index contributed by atoms with van der Waals surface area (Å²) in [6.45, 7) is 3.16. The van der Waals surface area contributed by atoms with Crippen molar-refractivity contribution in [1.82, 2.24) is 0 Å². The first kappa shape index (κ1) is 19.9. The molecule has 132 valence electrons. The number of benzene rings is 1. The van der Waals surface area contributed by atoms with Crippen LogP contribution in [0.25, 0.3) is 0 Å². The number of phenols is 1. The zero-order chi connectivity index (χ0) is 17.9.